The van der Waals surface area contributed by atoms with Gasteiger partial charge in [0.15, 0.2) is 9.84 Å². The zero-order valence-electron chi connectivity index (χ0n) is 12.0. The summed E-state index contributed by atoms with van der Waals surface area (Å²) in [4.78, 5) is 5.02. The molecule has 0 aromatic heterocycles. The Morgan fingerprint density at radius 2 is 1.86 bits per heavy atom. The van der Waals surface area contributed by atoms with Crippen molar-refractivity contribution in [2.75, 3.05) is 6.26 Å². The molecule has 0 fully saturated rings. The van der Waals surface area contributed by atoms with E-state index in [4.69, 9.17) is 0 Å². The minimum absolute atomic E-state index is 0.361. The predicted molar refractivity (Wildman–Crippen MR) is 95.7 cm³/mol. The lowest BCUT2D eigenvalue weighted by Crippen LogP contribution is -1.98. The average molecular weight is 350 g/mol. The van der Waals surface area contributed by atoms with E-state index in [1.165, 1.54) is 11.8 Å². The van der Waals surface area contributed by atoms with E-state index in [0.29, 0.717) is 4.90 Å². The van der Waals surface area contributed by atoms with Gasteiger partial charge in [-0.1, -0.05) is 53.9 Å². The van der Waals surface area contributed by atoms with Gasteiger partial charge in [0.25, 0.3) is 0 Å². The summed E-state index contributed by atoms with van der Waals surface area (Å²) in [6.07, 6.45) is 1.22. The lowest BCUT2D eigenvalue weighted by atomic mass is 10.2. The van der Waals surface area contributed by atoms with Gasteiger partial charge in [0.2, 0.25) is 0 Å². The van der Waals surface area contributed by atoms with Gasteiger partial charge in [-0.15, -0.1) is 0 Å². The van der Waals surface area contributed by atoms with Crippen molar-refractivity contribution in [3.05, 3.63) is 59.7 Å². The Labute approximate surface area is 139 Å². The van der Waals surface area contributed by atoms with E-state index in [9.17, 15) is 8.42 Å². The van der Waals surface area contributed by atoms with Gasteiger partial charge in [-0.05, 0) is 29.3 Å². The summed E-state index contributed by atoms with van der Waals surface area (Å²) in [5, 5.41) is 0. The third kappa shape index (κ3) is 3.74. The molecule has 0 saturated heterocycles. The second kappa shape index (κ2) is 6.48. The highest BCUT2D eigenvalue weighted by molar-refractivity contribution is 8.38. The highest BCUT2D eigenvalue weighted by atomic mass is 32.2. The van der Waals surface area contributed by atoms with Crippen molar-refractivity contribution in [2.24, 2.45) is 4.99 Å². The van der Waals surface area contributed by atoms with E-state index >= 15 is 0 Å². The second-order valence-electron chi connectivity index (χ2n) is 5.00. The zero-order chi connectivity index (χ0) is 15.6. The van der Waals surface area contributed by atoms with E-state index in [0.717, 1.165) is 27.1 Å². The van der Waals surface area contributed by atoms with Crippen LogP contribution in [0.2, 0.25) is 0 Å². The number of thioether (sulfide) groups is 2. The molecule has 0 atom stereocenters. The maximum Gasteiger partial charge on any atom is 0.175 e. The van der Waals surface area contributed by atoms with Crippen molar-refractivity contribution < 1.29 is 8.42 Å². The van der Waals surface area contributed by atoms with Gasteiger partial charge in [-0.25, -0.2) is 13.4 Å². The first-order valence-electron chi connectivity index (χ1n) is 6.73. The van der Waals surface area contributed by atoms with Crippen LogP contribution in [0.25, 0.3) is 0 Å². The molecule has 2 aromatic carbocycles. The van der Waals surface area contributed by atoms with Crippen molar-refractivity contribution in [2.45, 2.75) is 16.4 Å². The number of hydrogen-bond acceptors (Lipinski definition) is 5. The van der Waals surface area contributed by atoms with E-state index < -0.39 is 9.84 Å². The SMILES string of the molecule is CS(=O)(=O)c1ccc(CSC2=Nc3ccccc3CS2)cc1. The molecule has 1 heterocycles. The van der Waals surface area contributed by atoms with E-state index in [1.54, 1.807) is 35.7 Å². The molecule has 0 bridgehead atoms. The fourth-order valence-electron chi connectivity index (χ4n) is 2.06. The molecule has 0 saturated carbocycles. The fourth-order valence-corrected chi connectivity index (χ4v) is 4.71. The van der Waals surface area contributed by atoms with Crippen molar-refractivity contribution in [1.29, 1.82) is 0 Å². The molecule has 6 heteroatoms. The molecule has 0 unspecified atom stereocenters. The summed E-state index contributed by atoms with van der Waals surface area (Å²) >= 11 is 3.44. The van der Waals surface area contributed by atoms with Gasteiger partial charge in [-0.2, -0.15) is 0 Å². The Kier molecular flexibility index (Phi) is 4.61. The number of hydrogen-bond donors (Lipinski definition) is 0. The molecule has 0 radical (unpaired) electrons. The van der Waals surface area contributed by atoms with Crippen LogP contribution in [-0.4, -0.2) is 19.0 Å². The van der Waals surface area contributed by atoms with E-state index in [-0.39, 0.29) is 0 Å². The molecule has 0 aliphatic carbocycles. The zero-order valence-corrected chi connectivity index (χ0v) is 14.5. The van der Waals surface area contributed by atoms with E-state index in [2.05, 4.69) is 11.1 Å². The Morgan fingerprint density at radius 3 is 2.59 bits per heavy atom. The monoisotopic (exact) mass is 349 g/mol. The number of nitrogens with zero attached hydrogens (tertiary/aromatic N) is 1. The molecule has 0 amide bonds. The largest absolute Gasteiger partial charge is 0.235 e. The first-order valence-corrected chi connectivity index (χ1v) is 10.6. The molecule has 22 heavy (non-hydrogen) atoms. The minimum atomic E-state index is -3.12. The summed E-state index contributed by atoms with van der Waals surface area (Å²) in [7, 11) is -3.12. The third-order valence-corrected chi connectivity index (χ3v) is 6.71. The molecular weight excluding hydrogens is 334 g/mol. The van der Waals surface area contributed by atoms with Gasteiger partial charge in [-0.3, -0.25) is 0 Å². The quantitative estimate of drug-likeness (QED) is 0.831. The summed E-state index contributed by atoms with van der Waals surface area (Å²) in [6.45, 7) is 0. The van der Waals surface area contributed by atoms with Crippen molar-refractivity contribution in [1.82, 2.24) is 0 Å². The average Bonchev–Trinajstić information content (AvgIpc) is 2.52. The Hall–Kier alpha value is -1.24. The normalized spacial score (nSPS) is 14.3. The van der Waals surface area contributed by atoms with Gasteiger partial charge < -0.3 is 0 Å². The van der Waals surface area contributed by atoms with Gasteiger partial charge in [0.1, 0.15) is 4.38 Å². The van der Waals surface area contributed by atoms with Crippen LogP contribution in [0.3, 0.4) is 0 Å². The summed E-state index contributed by atoms with van der Waals surface area (Å²) in [6, 6.07) is 15.2. The third-order valence-electron chi connectivity index (χ3n) is 3.27. The highest BCUT2D eigenvalue weighted by Crippen LogP contribution is 2.35. The topological polar surface area (TPSA) is 46.5 Å². The summed E-state index contributed by atoms with van der Waals surface area (Å²) in [5.41, 5.74) is 3.42. The second-order valence-corrected chi connectivity index (χ2v) is 9.20. The molecule has 114 valence electrons. The first kappa shape index (κ1) is 15.6. The molecule has 0 N–H and O–H groups in total. The molecule has 3 nitrogen and oxygen atoms in total. The number of fused-ring (bicyclic) bond motifs is 1. The van der Waals surface area contributed by atoms with Crippen LogP contribution < -0.4 is 0 Å². The number of rotatable bonds is 3. The van der Waals surface area contributed by atoms with Crippen LogP contribution in [0, 0.1) is 0 Å². The molecule has 1 aliphatic rings. The lowest BCUT2D eigenvalue weighted by molar-refractivity contribution is 0.602. The number of benzene rings is 2. The summed E-state index contributed by atoms with van der Waals surface area (Å²) in [5.74, 6) is 1.74. The van der Waals surface area contributed by atoms with Crippen LogP contribution in [0.4, 0.5) is 5.69 Å². The molecule has 2 aromatic rings. The van der Waals surface area contributed by atoms with Crippen LogP contribution in [-0.2, 0) is 21.3 Å². The van der Waals surface area contributed by atoms with Gasteiger partial charge in [0.05, 0.1) is 10.6 Å². The molecule has 1 aliphatic heterocycles. The summed E-state index contributed by atoms with van der Waals surface area (Å²) < 4.78 is 23.9. The fraction of sp³-hybridized carbons (Fsp3) is 0.188. The smallest absolute Gasteiger partial charge is 0.175 e. The van der Waals surface area contributed by atoms with Crippen molar-refractivity contribution in [3.63, 3.8) is 0 Å². The first-order chi connectivity index (χ1) is 10.5. The van der Waals surface area contributed by atoms with E-state index in [1.807, 2.05) is 30.3 Å². The number of para-hydroxylation sites is 1. The van der Waals surface area contributed by atoms with Crippen molar-refractivity contribution in [3.8, 4) is 0 Å². The number of aliphatic imine (C=N–C) groups is 1. The Morgan fingerprint density at radius 1 is 1.14 bits per heavy atom. The van der Waals surface area contributed by atoms with Crippen LogP contribution in [0.5, 0.6) is 0 Å². The van der Waals surface area contributed by atoms with Gasteiger partial charge in [0, 0.05) is 17.8 Å². The molecule has 3 rings (SSSR count). The van der Waals surface area contributed by atoms with Crippen LogP contribution in [0.1, 0.15) is 11.1 Å². The van der Waals surface area contributed by atoms with Crippen LogP contribution >= 0.6 is 23.5 Å². The minimum Gasteiger partial charge on any atom is -0.235 e. The Balaban J connectivity index is 1.68. The predicted octanol–water partition coefficient (Wildman–Crippen LogP) is 4.26. The molecule has 0 spiro atoms. The Bertz CT molecular complexity index is 812. The van der Waals surface area contributed by atoms with Crippen molar-refractivity contribution >= 4 is 43.4 Å². The van der Waals surface area contributed by atoms with Crippen LogP contribution in [0.15, 0.2) is 58.4 Å². The molecular formula is C16H15NO2S3. The lowest BCUT2D eigenvalue weighted by Gasteiger charge is -2.14. The highest BCUT2D eigenvalue weighted by Gasteiger charge is 2.13. The standard InChI is InChI=1S/C16H15NO2S3/c1-22(18,19)14-8-6-12(7-9-14)10-20-16-17-15-5-3-2-4-13(15)11-21-16/h2-9H,10-11H2,1H3. The maximum absolute atomic E-state index is 11.4. The number of sulfone groups is 1. The maximum atomic E-state index is 11.4. The van der Waals surface area contributed by atoms with Gasteiger partial charge >= 0.3 is 0 Å².